The molecule has 3 rings (SSSR count). The van der Waals surface area contributed by atoms with Gasteiger partial charge in [0.15, 0.2) is 0 Å². The molecule has 2 aromatic carbocycles. The van der Waals surface area contributed by atoms with Gasteiger partial charge < -0.3 is 9.47 Å². The third-order valence-corrected chi connectivity index (χ3v) is 5.34. The van der Waals surface area contributed by atoms with E-state index in [1.54, 1.807) is 19.1 Å². The average molecular weight is 417 g/mol. The lowest BCUT2D eigenvalue weighted by atomic mass is 9.72. The second-order valence-corrected chi connectivity index (χ2v) is 8.11. The van der Waals surface area contributed by atoms with E-state index in [0.29, 0.717) is 18.8 Å². The van der Waals surface area contributed by atoms with Crippen molar-refractivity contribution in [3.05, 3.63) is 76.4 Å². The molecular weight excluding hydrogens is 388 g/mol. The first-order chi connectivity index (χ1) is 14.8. The second-order valence-electron chi connectivity index (χ2n) is 8.11. The van der Waals surface area contributed by atoms with Crippen LogP contribution < -0.4 is 0 Å². The molecule has 31 heavy (non-hydrogen) atoms. The molecule has 0 N–H and O–H groups in total. The highest BCUT2D eigenvalue weighted by Gasteiger charge is 2.29. The van der Waals surface area contributed by atoms with Crippen LogP contribution in [0.25, 0.3) is 5.57 Å². The van der Waals surface area contributed by atoms with E-state index in [9.17, 15) is 9.59 Å². The number of allylic oxidation sites excluding steroid dienone is 1. The van der Waals surface area contributed by atoms with E-state index in [2.05, 4.69) is 43.9 Å². The first-order valence-corrected chi connectivity index (χ1v) is 10.6. The SMILES string of the molecule is CCOC(=O)CC1=CCC(C)(C)c2cc(C#Cc3ccc(C(=O)OCC)cc3)ccc21. The van der Waals surface area contributed by atoms with Gasteiger partial charge in [0.1, 0.15) is 0 Å². The Kier molecular flexibility index (Phi) is 6.97. The van der Waals surface area contributed by atoms with Crippen LogP contribution in [0.3, 0.4) is 0 Å². The van der Waals surface area contributed by atoms with Gasteiger partial charge in [-0.25, -0.2) is 4.79 Å². The molecule has 4 nitrogen and oxygen atoms in total. The number of fused-ring (bicyclic) bond motifs is 1. The minimum absolute atomic E-state index is 0.0352. The highest BCUT2D eigenvalue weighted by molar-refractivity contribution is 5.89. The molecule has 0 radical (unpaired) electrons. The fourth-order valence-corrected chi connectivity index (χ4v) is 3.64. The average Bonchev–Trinajstić information content (AvgIpc) is 2.75. The van der Waals surface area contributed by atoms with Crippen LogP contribution in [0.4, 0.5) is 0 Å². The molecule has 2 aromatic rings. The maximum absolute atomic E-state index is 12.0. The molecule has 0 saturated heterocycles. The van der Waals surface area contributed by atoms with Crippen molar-refractivity contribution in [2.75, 3.05) is 13.2 Å². The lowest BCUT2D eigenvalue weighted by Crippen LogP contribution is -2.22. The van der Waals surface area contributed by atoms with Gasteiger partial charge in [0.25, 0.3) is 0 Å². The fourth-order valence-electron chi connectivity index (χ4n) is 3.64. The Hall–Kier alpha value is -3.32. The molecular formula is C27H28O4. The van der Waals surface area contributed by atoms with Crippen molar-refractivity contribution in [3.63, 3.8) is 0 Å². The van der Waals surface area contributed by atoms with Crippen LogP contribution in [0.1, 0.15) is 73.1 Å². The molecule has 0 spiro atoms. The minimum atomic E-state index is -0.328. The van der Waals surface area contributed by atoms with Crippen LogP contribution in [0.2, 0.25) is 0 Å². The molecule has 4 heteroatoms. The molecule has 0 amide bonds. The van der Waals surface area contributed by atoms with Gasteiger partial charge in [-0.1, -0.05) is 37.8 Å². The maximum atomic E-state index is 12.0. The molecule has 0 fully saturated rings. The highest BCUT2D eigenvalue weighted by atomic mass is 16.5. The topological polar surface area (TPSA) is 52.6 Å². The van der Waals surface area contributed by atoms with Gasteiger partial charge in [-0.15, -0.1) is 0 Å². The normalized spacial score (nSPS) is 13.9. The molecule has 0 bridgehead atoms. The Morgan fingerprint density at radius 3 is 2.26 bits per heavy atom. The zero-order valence-corrected chi connectivity index (χ0v) is 18.6. The van der Waals surface area contributed by atoms with Gasteiger partial charge in [-0.3, -0.25) is 4.79 Å². The van der Waals surface area contributed by atoms with Crippen LogP contribution in [-0.2, 0) is 19.7 Å². The predicted octanol–water partition coefficient (Wildman–Crippen LogP) is 5.28. The number of esters is 2. The Balaban J connectivity index is 1.84. The summed E-state index contributed by atoms with van der Waals surface area (Å²) in [6, 6.07) is 13.3. The Morgan fingerprint density at radius 1 is 0.935 bits per heavy atom. The number of hydrogen-bond donors (Lipinski definition) is 0. The molecule has 0 aliphatic heterocycles. The van der Waals surface area contributed by atoms with Crippen molar-refractivity contribution in [1.29, 1.82) is 0 Å². The lowest BCUT2D eigenvalue weighted by molar-refractivity contribution is -0.141. The van der Waals surface area contributed by atoms with Crippen molar-refractivity contribution in [2.24, 2.45) is 0 Å². The molecule has 0 saturated carbocycles. The molecule has 1 aliphatic rings. The van der Waals surface area contributed by atoms with Crippen LogP contribution >= 0.6 is 0 Å². The van der Waals surface area contributed by atoms with Gasteiger partial charge in [-0.05, 0) is 78.8 Å². The summed E-state index contributed by atoms with van der Waals surface area (Å²) in [6.07, 6.45) is 3.30. The first kappa shape index (κ1) is 22.4. The van der Waals surface area contributed by atoms with Crippen molar-refractivity contribution in [3.8, 4) is 11.8 Å². The van der Waals surface area contributed by atoms with E-state index in [4.69, 9.17) is 9.47 Å². The van der Waals surface area contributed by atoms with Crippen molar-refractivity contribution < 1.29 is 19.1 Å². The van der Waals surface area contributed by atoms with Crippen LogP contribution in [-0.4, -0.2) is 25.2 Å². The summed E-state index contributed by atoms with van der Waals surface area (Å²) in [7, 11) is 0. The van der Waals surface area contributed by atoms with E-state index in [1.165, 1.54) is 5.56 Å². The summed E-state index contributed by atoms with van der Waals surface area (Å²) >= 11 is 0. The quantitative estimate of drug-likeness (QED) is 0.491. The third-order valence-electron chi connectivity index (χ3n) is 5.34. The Morgan fingerprint density at radius 2 is 1.58 bits per heavy atom. The summed E-state index contributed by atoms with van der Waals surface area (Å²) in [4.78, 5) is 23.8. The van der Waals surface area contributed by atoms with Gasteiger partial charge >= 0.3 is 11.9 Å². The first-order valence-electron chi connectivity index (χ1n) is 10.6. The van der Waals surface area contributed by atoms with Crippen molar-refractivity contribution >= 4 is 17.5 Å². The number of ether oxygens (including phenoxy) is 2. The van der Waals surface area contributed by atoms with Gasteiger partial charge in [0.2, 0.25) is 0 Å². The zero-order chi connectivity index (χ0) is 22.4. The van der Waals surface area contributed by atoms with Crippen LogP contribution in [0.15, 0.2) is 48.5 Å². The monoisotopic (exact) mass is 416 g/mol. The van der Waals surface area contributed by atoms with Crippen molar-refractivity contribution in [2.45, 2.75) is 46.0 Å². The Bertz CT molecular complexity index is 1060. The smallest absolute Gasteiger partial charge is 0.338 e. The zero-order valence-electron chi connectivity index (χ0n) is 18.6. The minimum Gasteiger partial charge on any atom is -0.466 e. The molecule has 0 unspecified atom stereocenters. The molecule has 0 atom stereocenters. The van der Waals surface area contributed by atoms with Gasteiger partial charge in [-0.2, -0.15) is 0 Å². The number of carbonyl (C=O) groups is 2. The second kappa shape index (κ2) is 9.66. The summed E-state index contributed by atoms with van der Waals surface area (Å²) < 4.78 is 10.1. The standard InChI is InChI=1S/C27H28O4/c1-5-30-25(28)18-22-15-16-27(3,4)24-17-20(11-14-23(22)24)8-7-19-9-12-21(13-10-19)26(29)31-6-2/h9-15,17H,5-6,16,18H2,1-4H3. The van der Waals surface area contributed by atoms with E-state index in [-0.39, 0.29) is 23.8 Å². The molecule has 0 heterocycles. The largest absolute Gasteiger partial charge is 0.466 e. The third kappa shape index (κ3) is 5.44. The highest BCUT2D eigenvalue weighted by Crippen LogP contribution is 2.40. The summed E-state index contributed by atoms with van der Waals surface area (Å²) in [5.41, 5.74) is 5.52. The van der Waals surface area contributed by atoms with Crippen molar-refractivity contribution in [1.82, 2.24) is 0 Å². The van der Waals surface area contributed by atoms with E-state index in [0.717, 1.165) is 28.7 Å². The lowest BCUT2D eigenvalue weighted by Gasteiger charge is -2.32. The van der Waals surface area contributed by atoms with E-state index < -0.39 is 0 Å². The fraction of sp³-hybridized carbons (Fsp3) is 0.333. The predicted molar refractivity (Wildman–Crippen MR) is 122 cm³/mol. The number of benzene rings is 2. The van der Waals surface area contributed by atoms with E-state index >= 15 is 0 Å². The summed E-state index contributed by atoms with van der Waals surface area (Å²) in [6.45, 7) is 8.75. The van der Waals surface area contributed by atoms with Gasteiger partial charge in [0, 0.05) is 11.1 Å². The summed E-state index contributed by atoms with van der Waals surface area (Å²) in [5, 5.41) is 0. The number of carbonyl (C=O) groups excluding carboxylic acids is 2. The molecule has 0 aromatic heterocycles. The summed E-state index contributed by atoms with van der Waals surface area (Å²) in [5.74, 6) is 5.86. The van der Waals surface area contributed by atoms with E-state index in [1.807, 2.05) is 25.1 Å². The molecule has 160 valence electrons. The Labute approximate surface area is 184 Å². The number of rotatable bonds is 5. The maximum Gasteiger partial charge on any atom is 0.338 e. The molecule has 1 aliphatic carbocycles. The van der Waals surface area contributed by atoms with Crippen LogP contribution in [0.5, 0.6) is 0 Å². The number of hydrogen-bond acceptors (Lipinski definition) is 4. The van der Waals surface area contributed by atoms with Gasteiger partial charge in [0.05, 0.1) is 25.2 Å². The van der Waals surface area contributed by atoms with Crippen LogP contribution in [0, 0.1) is 11.8 Å².